The SMILES string of the molecule is CC(C)(C)OC(=O)N[C@@H](CCCCNC(=O)OCC1c2ccccc2-c2ccccc21)C(=O)Nc1nc(-c2ccccc2)cs1. The van der Waals surface area contributed by atoms with Crippen molar-refractivity contribution in [2.24, 2.45) is 0 Å². The van der Waals surface area contributed by atoms with Gasteiger partial charge in [0.2, 0.25) is 5.91 Å². The molecular formula is C35H38N4O5S. The third-order valence-electron chi connectivity index (χ3n) is 7.34. The van der Waals surface area contributed by atoms with Crippen LogP contribution in [0.15, 0.2) is 84.2 Å². The van der Waals surface area contributed by atoms with Crippen LogP contribution in [0.1, 0.15) is 57.1 Å². The number of hydrogen-bond acceptors (Lipinski definition) is 7. The van der Waals surface area contributed by atoms with Crippen molar-refractivity contribution in [3.63, 3.8) is 0 Å². The minimum absolute atomic E-state index is 0.0112. The van der Waals surface area contributed by atoms with Gasteiger partial charge in [-0.2, -0.15) is 0 Å². The minimum Gasteiger partial charge on any atom is -0.449 e. The summed E-state index contributed by atoms with van der Waals surface area (Å²) in [5.41, 5.74) is 5.65. The van der Waals surface area contributed by atoms with Crippen LogP contribution >= 0.6 is 11.3 Å². The fourth-order valence-electron chi connectivity index (χ4n) is 5.30. The number of amides is 3. The molecule has 10 heteroatoms. The van der Waals surface area contributed by atoms with E-state index in [1.165, 1.54) is 22.5 Å². The van der Waals surface area contributed by atoms with Crippen molar-refractivity contribution in [3.05, 3.63) is 95.4 Å². The summed E-state index contributed by atoms with van der Waals surface area (Å²) >= 11 is 1.31. The number of carbonyl (C=O) groups is 3. The maximum absolute atomic E-state index is 13.2. The second-order valence-corrected chi connectivity index (χ2v) is 12.7. The number of unbranched alkanes of at least 4 members (excludes halogenated alkanes) is 1. The van der Waals surface area contributed by atoms with Gasteiger partial charge in [-0.25, -0.2) is 14.6 Å². The lowest BCUT2D eigenvalue weighted by molar-refractivity contribution is -0.118. The lowest BCUT2D eigenvalue weighted by Gasteiger charge is -2.23. The monoisotopic (exact) mass is 626 g/mol. The summed E-state index contributed by atoms with van der Waals surface area (Å²) in [4.78, 5) is 42.8. The molecule has 0 radical (unpaired) electrons. The van der Waals surface area contributed by atoms with E-state index in [1.54, 1.807) is 20.8 Å². The van der Waals surface area contributed by atoms with Gasteiger partial charge in [0.1, 0.15) is 18.2 Å². The lowest BCUT2D eigenvalue weighted by Crippen LogP contribution is -2.45. The predicted molar refractivity (Wildman–Crippen MR) is 176 cm³/mol. The zero-order valence-corrected chi connectivity index (χ0v) is 26.5. The van der Waals surface area contributed by atoms with E-state index in [9.17, 15) is 14.4 Å². The number of nitrogens with one attached hydrogen (secondary N) is 3. The molecule has 234 valence electrons. The maximum atomic E-state index is 13.2. The maximum Gasteiger partial charge on any atom is 0.408 e. The molecule has 3 amide bonds. The van der Waals surface area contributed by atoms with Crippen LogP contribution in [-0.2, 0) is 14.3 Å². The van der Waals surface area contributed by atoms with Crippen LogP contribution in [0.25, 0.3) is 22.4 Å². The summed E-state index contributed by atoms with van der Waals surface area (Å²) in [5.74, 6) is -0.401. The quantitative estimate of drug-likeness (QED) is 0.150. The molecule has 45 heavy (non-hydrogen) atoms. The number of alkyl carbamates (subject to hydrolysis) is 2. The predicted octanol–water partition coefficient (Wildman–Crippen LogP) is 7.35. The summed E-state index contributed by atoms with van der Waals surface area (Å²) < 4.78 is 11.0. The van der Waals surface area contributed by atoms with Crippen molar-refractivity contribution >= 4 is 34.6 Å². The third-order valence-corrected chi connectivity index (χ3v) is 8.10. The van der Waals surface area contributed by atoms with Crippen LogP contribution in [0.5, 0.6) is 0 Å². The van der Waals surface area contributed by atoms with Crippen LogP contribution < -0.4 is 16.0 Å². The molecule has 1 aliphatic carbocycles. The Morgan fingerprint density at radius 1 is 0.867 bits per heavy atom. The van der Waals surface area contributed by atoms with Gasteiger partial charge in [-0.05, 0) is 62.3 Å². The molecule has 0 fully saturated rings. The smallest absolute Gasteiger partial charge is 0.408 e. The highest BCUT2D eigenvalue weighted by Gasteiger charge is 2.29. The first kappa shape index (κ1) is 31.7. The molecular weight excluding hydrogens is 588 g/mol. The van der Waals surface area contributed by atoms with Gasteiger partial charge in [0.15, 0.2) is 5.13 Å². The van der Waals surface area contributed by atoms with Crippen LogP contribution in [0.4, 0.5) is 14.7 Å². The fourth-order valence-corrected chi connectivity index (χ4v) is 6.02. The van der Waals surface area contributed by atoms with E-state index in [0.29, 0.717) is 30.9 Å². The Morgan fingerprint density at radius 3 is 2.18 bits per heavy atom. The lowest BCUT2D eigenvalue weighted by atomic mass is 9.98. The summed E-state index contributed by atoms with van der Waals surface area (Å²) in [6.07, 6.45) is 0.317. The first-order chi connectivity index (χ1) is 21.7. The van der Waals surface area contributed by atoms with E-state index < -0.39 is 23.8 Å². The number of rotatable bonds is 11. The molecule has 0 aliphatic heterocycles. The number of ether oxygens (including phenoxy) is 2. The Balaban J connectivity index is 1.10. The largest absolute Gasteiger partial charge is 0.449 e. The highest BCUT2D eigenvalue weighted by molar-refractivity contribution is 7.14. The topological polar surface area (TPSA) is 119 Å². The van der Waals surface area contributed by atoms with Crippen LogP contribution in [-0.4, -0.2) is 47.9 Å². The number of thiazole rings is 1. The summed E-state index contributed by atoms with van der Waals surface area (Å²) in [7, 11) is 0. The number of carbonyl (C=O) groups excluding carboxylic acids is 3. The molecule has 1 aromatic heterocycles. The van der Waals surface area contributed by atoms with E-state index in [4.69, 9.17) is 9.47 Å². The first-order valence-corrected chi connectivity index (χ1v) is 16.0. The number of anilines is 1. The van der Waals surface area contributed by atoms with Crippen molar-refractivity contribution in [2.45, 2.75) is 57.6 Å². The molecule has 3 aromatic carbocycles. The number of aromatic nitrogens is 1. The number of hydrogen-bond donors (Lipinski definition) is 3. The summed E-state index contributed by atoms with van der Waals surface area (Å²) in [6, 6.07) is 25.2. The molecule has 0 saturated heterocycles. The Labute approximate surface area is 267 Å². The van der Waals surface area contributed by atoms with Gasteiger partial charge < -0.3 is 25.4 Å². The van der Waals surface area contributed by atoms with Crippen molar-refractivity contribution in [2.75, 3.05) is 18.5 Å². The molecule has 0 spiro atoms. The molecule has 1 atom stereocenters. The van der Waals surface area contributed by atoms with Crippen LogP contribution in [0, 0.1) is 0 Å². The minimum atomic E-state index is -0.849. The van der Waals surface area contributed by atoms with Crippen molar-refractivity contribution in [3.8, 4) is 22.4 Å². The first-order valence-electron chi connectivity index (χ1n) is 15.1. The van der Waals surface area contributed by atoms with Gasteiger partial charge in [0.25, 0.3) is 0 Å². The highest BCUT2D eigenvalue weighted by atomic mass is 32.1. The van der Waals surface area contributed by atoms with E-state index in [-0.39, 0.29) is 18.4 Å². The van der Waals surface area contributed by atoms with Crippen molar-refractivity contribution < 1.29 is 23.9 Å². The zero-order chi connectivity index (χ0) is 31.8. The molecule has 3 N–H and O–H groups in total. The van der Waals surface area contributed by atoms with Gasteiger partial charge in [0, 0.05) is 23.4 Å². The molecule has 4 aromatic rings. The number of fused-ring (bicyclic) bond motifs is 3. The van der Waals surface area contributed by atoms with E-state index in [1.807, 2.05) is 60.0 Å². The van der Waals surface area contributed by atoms with Gasteiger partial charge in [-0.1, -0.05) is 78.9 Å². The van der Waals surface area contributed by atoms with Gasteiger partial charge in [-0.3, -0.25) is 4.79 Å². The average molecular weight is 627 g/mol. The molecule has 1 aliphatic rings. The second-order valence-electron chi connectivity index (χ2n) is 11.8. The standard InChI is InChI=1S/C35H38N4O5S/c1-35(2,3)44-34(42)38-29(31(40)39-32-37-30(22-45-32)23-13-5-4-6-14-23)19-11-12-20-36-33(41)43-21-28-26-17-9-7-15-24(26)25-16-8-10-18-27(25)28/h4-10,13-18,22,28-29H,11-12,19-21H2,1-3H3,(H,36,41)(H,38,42)(H,37,39,40)/t29-/m0/s1. The van der Waals surface area contributed by atoms with E-state index in [0.717, 1.165) is 22.4 Å². The molecule has 0 saturated carbocycles. The molecule has 1 heterocycles. The molecule has 5 rings (SSSR count). The fraction of sp³-hybridized carbons (Fsp3) is 0.314. The molecule has 9 nitrogen and oxygen atoms in total. The number of nitrogens with zero attached hydrogens (tertiary/aromatic N) is 1. The Bertz CT molecular complexity index is 1590. The zero-order valence-electron chi connectivity index (χ0n) is 25.7. The second kappa shape index (κ2) is 14.4. The van der Waals surface area contributed by atoms with E-state index in [2.05, 4.69) is 45.2 Å². The van der Waals surface area contributed by atoms with Crippen molar-refractivity contribution in [1.82, 2.24) is 15.6 Å². The van der Waals surface area contributed by atoms with Crippen molar-refractivity contribution in [1.29, 1.82) is 0 Å². The normalized spacial score (nSPS) is 12.9. The van der Waals surface area contributed by atoms with Crippen LogP contribution in [0.2, 0.25) is 0 Å². The van der Waals surface area contributed by atoms with Gasteiger partial charge in [0.05, 0.1) is 5.69 Å². The van der Waals surface area contributed by atoms with Gasteiger partial charge in [-0.15, -0.1) is 11.3 Å². The molecule has 0 bridgehead atoms. The highest BCUT2D eigenvalue weighted by Crippen LogP contribution is 2.44. The Hall–Kier alpha value is -4.70. The molecule has 0 unspecified atom stereocenters. The number of benzene rings is 3. The van der Waals surface area contributed by atoms with E-state index >= 15 is 0 Å². The Morgan fingerprint density at radius 2 is 1.51 bits per heavy atom. The van der Waals surface area contributed by atoms with Gasteiger partial charge >= 0.3 is 12.2 Å². The summed E-state index contributed by atoms with van der Waals surface area (Å²) in [5, 5.41) is 10.6. The van der Waals surface area contributed by atoms with Crippen LogP contribution in [0.3, 0.4) is 0 Å². The Kier molecular flexibility index (Phi) is 10.1. The summed E-state index contributed by atoms with van der Waals surface area (Å²) in [6.45, 7) is 5.89. The third kappa shape index (κ3) is 8.48. The average Bonchev–Trinajstić information content (AvgIpc) is 3.61.